The lowest BCUT2D eigenvalue weighted by Crippen LogP contribution is -2.41. The molecule has 2 rings (SSSR count). The lowest BCUT2D eigenvalue weighted by atomic mass is 9.69. The summed E-state index contributed by atoms with van der Waals surface area (Å²) in [5.41, 5.74) is 0.900. The Morgan fingerprint density at radius 2 is 1.50 bits per heavy atom. The fourth-order valence-electron chi connectivity index (χ4n) is 2.35. The summed E-state index contributed by atoms with van der Waals surface area (Å²) in [4.78, 5) is 0. The van der Waals surface area contributed by atoms with Gasteiger partial charge in [-0.3, -0.25) is 0 Å². The average Bonchev–Trinajstić information content (AvgIpc) is 2.46. The highest BCUT2D eigenvalue weighted by atomic mass is 19.1. The van der Waals surface area contributed by atoms with Crippen LogP contribution in [-0.4, -0.2) is 18.3 Å². The van der Waals surface area contributed by atoms with Crippen molar-refractivity contribution in [3.63, 3.8) is 0 Å². The van der Waals surface area contributed by atoms with Crippen LogP contribution in [0, 0.1) is 5.82 Å². The maximum absolute atomic E-state index is 13.6. The van der Waals surface area contributed by atoms with Crippen LogP contribution in [0.15, 0.2) is 18.2 Å². The Labute approximate surface area is 121 Å². The minimum absolute atomic E-state index is 0.166. The molecule has 0 saturated carbocycles. The quantitative estimate of drug-likeness (QED) is 0.733. The minimum Gasteiger partial charge on any atom is -0.399 e. The third kappa shape index (κ3) is 2.64. The topological polar surface area (TPSA) is 18.5 Å². The zero-order chi connectivity index (χ0) is 15.3. The van der Waals surface area contributed by atoms with Gasteiger partial charge in [0.15, 0.2) is 0 Å². The van der Waals surface area contributed by atoms with Crippen molar-refractivity contribution in [2.75, 3.05) is 0 Å². The maximum atomic E-state index is 13.6. The number of hydrogen-bond donors (Lipinski definition) is 0. The average molecular weight is 278 g/mol. The van der Waals surface area contributed by atoms with Gasteiger partial charge in [0.25, 0.3) is 0 Å². The molecule has 20 heavy (non-hydrogen) atoms. The minimum atomic E-state index is -0.449. The van der Waals surface area contributed by atoms with Crippen LogP contribution in [0.25, 0.3) is 0 Å². The molecule has 0 aromatic heterocycles. The third-order valence-corrected chi connectivity index (χ3v) is 4.33. The van der Waals surface area contributed by atoms with Gasteiger partial charge in [0.2, 0.25) is 0 Å². The van der Waals surface area contributed by atoms with Gasteiger partial charge in [0.1, 0.15) is 5.82 Å². The molecule has 4 heteroatoms. The fourth-order valence-corrected chi connectivity index (χ4v) is 2.35. The second-order valence-electron chi connectivity index (χ2n) is 7.57. The SMILES string of the molecule is CC(C)(C)c1cc(F)ccc1B1OC(C)(C)C(C)(C)O1. The highest BCUT2D eigenvalue weighted by Gasteiger charge is 2.52. The van der Waals surface area contributed by atoms with E-state index in [9.17, 15) is 4.39 Å². The van der Waals surface area contributed by atoms with Crippen molar-refractivity contribution < 1.29 is 13.7 Å². The first-order valence-corrected chi connectivity index (χ1v) is 7.10. The molecule has 0 radical (unpaired) electrons. The van der Waals surface area contributed by atoms with Crippen molar-refractivity contribution in [2.24, 2.45) is 0 Å². The van der Waals surface area contributed by atoms with Crippen molar-refractivity contribution >= 4 is 12.6 Å². The lowest BCUT2D eigenvalue weighted by Gasteiger charge is -2.32. The summed E-state index contributed by atoms with van der Waals surface area (Å²) < 4.78 is 25.7. The van der Waals surface area contributed by atoms with Crippen LogP contribution in [0.5, 0.6) is 0 Å². The first-order chi connectivity index (χ1) is 8.94. The molecule has 1 fully saturated rings. The van der Waals surface area contributed by atoms with E-state index in [2.05, 4.69) is 20.8 Å². The predicted molar refractivity (Wildman–Crippen MR) is 80.8 cm³/mol. The molecule has 0 aliphatic carbocycles. The summed E-state index contributed by atoms with van der Waals surface area (Å²) in [7, 11) is -0.449. The van der Waals surface area contributed by atoms with Crippen LogP contribution < -0.4 is 5.46 Å². The molecular formula is C16H24BFO2. The van der Waals surface area contributed by atoms with Gasteiger partial charge < -0.3 is 9.31 Å². The van der Waals surface area contributed by atoms with E-state index in [1.807, 2.05) is 27.7 Å². The Morgan fingerprint density at radius 3 is 1.95 bits per heavy atom. The van der Waals surface area contributed by atoms with Crippen molar-refractivity contribution in [1.82, 2.24) is 0 Å². The van der Waals surface area contributed by atoms with Crippen LogP contribution in [0.2, 0.25) is 0 Å². The normalized spacial score (nSPS) is 21.3. The molecule has 0 atom stereocenters. The smallest absolute Gasteiger partial charge is 0.399 e. The summed E-state index contributed by atoms with van der Waals surface area (Å²) in [5.74, 6) is -0.227. The molecule has 1 aromatic rings. The molecule has 0 spiro atoms. The fraction of sp³-hybridized carbons (Fsp3) is 0.625. The molecule has 1 saturated heterocycles. The molecule has 110 valence electrons. The highest BCUT2D eigenvalue weighted by Crippen LogP contribution is 2.37. The molecular weight excluding hydrogens is 254 g/mol. The summed E-state index contributed by atoms with van der Waals surface area (Å²) in [6, 6.07) is 4.83. The number of benzene rings is 1. The van der Waals surface area contributed by atoms with Crippen LogP contribution in [0.3, 0.4) is 0 Å². The Kier molecular flexibility index (Phi) is 3.55. The van der Waals surface area contributed by atoms with Crippen molar-refractivity contribution in [3.8, 4) is 0 Å². The monoisotopic (exact) mass is 278 g/mol. The number of rotatable bonds is 1. The van der Waals surface area contributed by atoms with Gasteiger partial charge in [0, 0.05) is 0 Å². The van der Waals surface area contributed by atoms with Crippen molar-refractivity contribution in [1.29, 1.82) is 0 Å². The zero-order valence-corrected chi connectivity index (χ0v) is 13.5. The van der Waals surface area contributed by atoms with Gasteiger partial charge in [-0.2, -0.15) is 0 Å². The summed E-state index contributed by atoms with van der Waals surface area (Å²) in [6.07, 6.45) is 0. The van der Waals surface area contributed by atoms with Gasteiger partial charge in [-0.05, 0) is 56.3 Å². The Hall–Kier alpha value is -0.865. The molecule has 1 aliphatic heterocycles. The standard InChI is InChI=1S/C16H24BFO2/c1-14(2,3)12-10-11(18)8-9-13(12)17-19-15(4,5)16(6,7)20-17/h8-10H,1-7H3. The lowest BCUT2D eigenvalue weighted by molar-refractivity contribution is 0.00578. The van der Waals surface area contributed by atoms with Crippen LogP contribution in [0.4, 0.5) is 4.39 Å². The van der Waals surface area contributed by atoms with E-state index in [1.54, 1.807) is 12.1 Å². The number of hydrogen-bond acceptors (Lipinski definition) is 2. The van der Waals surface area contributed by atoms with E-state index in [0.717, 1.165) is 11.0 Å². The molecule has 1 aromatic carbocycles. The van der Waals surface area contributed by atoms with E-state index >= 15 is 0 Å². The zero-order valence-electron chi connectivity index (χ0n) is 13.5. The van der Waals surface area contributed by atoms with Gasteiger partial charge in [-0.25, -0.2) is 4.39 Å². The summed E-state index contributed by atoms with van der Waals surface area (Å²) in [6.45, 7) is 14.3. The van der Waals surface area contributed by atoms with E-state index in [4.69, 9.17) is 9.31 Å². The van der Waals surface area contributed by atoms with Crippen LogP contribution in [-0.2, 0) is 14.7 Å². The van der Waals surface area contributed by atoms with E-state index in [-0.39, 0.29) is 22.4 Å². The molecule has 1 heterocycles. The highest BCUT2D eigenvalue weighted by molar-refractivity contribution is 6.62. The summed E-state index contributed by atoms with van der Waals surface area (Å²) >= 11 is 0. The van der Waals surface area contributed by atoms with Gasteiger partial charge in [-0.1, -0.05) is 26.8 Å². The molecule has 0 bridgehead atoms. The van der Waals surface area contributed by atoms with E-state index < -0.39 is 7.12 Å². The number of halogens is 1. The maximum Gasteiger partial charge on any atom is 0.495 e. The molecule has 0 unspecified atom stereocenters. The largest absolute Gasteiger partial charge is 0.495 e. The Balaban J connectivity index is 2.46. The second-order valence-corrected chi connectivity index (χ2v) is 7.57. The molecule has 0 amide bonds. The van der Waals surface area contributed by atoms with Crippen LogP contribution >= 0.6 is 0 Å². The molecule has 0 N–H and O–H groups in total. The predicted octanol–water partition coefficient (Wildman–Crippen LogP) is 3.42. The van der Waals surface area contributed by atoms with Gasteiger partial charge in [0.05, 0.1) is 11.2 Å². The first kappa shape index (κ1) is 15.5. The Bertz CT molecular complexity index is 502. The van der Waals surface area contributed by atoms with Crippen molar-refractivity contribution in [3.05, 3.63) is 29.6 Å². The first-order valence-electron chi connectivity index (χ1n) is 7.10. The van der Waals surface area contributed by atoms with E-state index in [0.29, 0.717) is 0 Å². The van der Waals surface area contributed by atoms with E-state index in [1.165, 1.54) is 6.07 Å². The molecule has 1 aliphatic rings. The van der Waals surface area contributed by atoms with Gasteiger partial charge in [-0.15, -0.1) is 0 Å². The summed E-state index contributed by atoms with van der Waals surface area (Å²) in [5, 5.41) is 0. The third-order valence-electron chi connectivity index (χ3n) is 4.33. The van der Waals surface area contributed by atoms with Crippen LogP contribution in [0.1, 0.15) is 54.0 Å². The molecule has 2 nitrogen and oxygen atoms in total. The van der Waals surface area contributed by atoms with Crippen molar-refractivity contribution in [2.45, 2.75) is 65.1 Å². The second kappa shape index (κ2) is 4.57. The van der Waals surface area contributed by atoms with Gasteiger partial charge >= 0.3 is 7.12 Å². The Morgan fingerprint density at radius 1 is 1.00 bits per heavy atom.